The van der Waals surface area contributed by atoms with Crippen LogP contribution in [0.2, 0.25) is 0 Å². The molecule has 0 radical (unpaired) electrons. The third-order valence-electron chi connectivity index (χ3n) is 6.39. The molecule has 2 aromatic carbocycles. The Morgan fingerprint density at radius 2 is 1.76 bits per heavy atom. The highest BCUT2D eigenvalue weighted by atomic mass is 32.2. The zero-order valence-electron chi connectivity index (χ0n) is 21.1. The van der Waals surface area contributed by atoms with Crippen molar-refractivity contribution < 1.29 is 17.6 Å². The molecule has 0 fully saturated rings. The number of benzene rings is 2. The minimum atomic E-state index is -4.65. The first-order valence-corrected chi connectivity index (χ1v) is 13.8. The number of fused-ring (bicyclic) bond motifs is 1. The summed E-state index contributed by atoms with van der Waals surface area (Å²) in [5, 5.41) is 12.1. The van der Waals surface area contributed by atoms with Gasteiger partial charge in [-0.2, -0.15) is 13.2 Å². The second-order valence-electron chi connectivity index (χ2n) is 9.31. The van der Waals surface area contributed by atoms with E-state index in [1.54, 1.807) is 11.3 Å². The second kappa shape index (κ2) is 10.1. The number of nitrogens with zero attached hydrogens (tertiary/aromatic N) is 4. The first-order valence-electron chi connectivity index (χ1n) is 11.9. The van der Waals surface area contributed by atoms with Crippen LogP contribution in [0.5, 0.6) is 0 Å². The van der Waals surface area contributed by atoms with Crippen molar-refractivity contribution in [3.63, 3.8) is 0 Å². The molecule has 0 atom stereocenters. The summed E-state index contributed by atoms with van der Waals surface area (Å²) < 4.78 is 57.0. The SMILES string of the molecule is Cc1cc2nc(-c3cccs3)cc(-c3nnc(SCc4c(F)cccc4C(F)(F)F)n3C(C)C)c2cc1C. The number of hydrogen-bond donors (Lipinski definition) is 0. The Morgan fingerprint density at radius 1 is 1.00 bits per heavy atom. The van der Waals surface area contributed by atoms with Crippen LogP contribution in [-0.2, 0) is 11.9 Å². The molecular formula is C28H24F4N4S2. The third kappa shape index (κ3) is 4.94. The van der Waals surface area contributed by atoms with Gasteiger partial charge in [0.2, 0.25) is 0 Å². The Labute approximate surface area is 225 Å². The molecule has 3 aromatic heterocycles. The van der Waals surface area contributed by atoms with Crippen molar-refractivity contribution in [2.24, 2.45) is 0 Å². The summed E-state index contributed by atoms with van der Waals surface area (Å²) in [6.45, 7) is 7.99. The van der Waals surface area contributed by atoms with E-state index < -0.39 is 23.1 Å². The van der Waals surface area contributed by atoms with E-state index in [1.807, 2.05) is 61.9 Å². The lowest BCUT2D eigenvalue weighted by Gasteiger charge is -2.17. The smallest absolute Gasteiger partial charge is 0.299 e. The predicted molar refractivity (Wildman–Crippen MR) is 145 cm³/mol. The molecule has 5 rings (SSSR count). The molecule has 0 aliphatic rings. The monoisotopic (exact) mass is 556 g/mol. The van der Waals surface area contributed by atoms with Gasteiger partial charge in [-0.15, -0.1) is 21.5 Å². The van der Waals surface area contributed by atoms with Crippen LogP contribution in [0.25, 0.3) is 32.9 Å². The van der Waals surface area contributed by atoms with E-state index in [0.717, 1.165) is 68.1 Å². The van der Waals surface area contributed by atoms with E-state index in [1.165, 1.54) is 0 Å². The van der Waals surface area contributed by atoms with Gasteiger partial charge in [0, 0.05) is 28.3 Å². The number of aromatic nitrogens is 4. The van der Waals surface area contributed by atoms with Gasteiger partial charge in [-0.25, -0.2) is 9.37 Å². The van der Waals surface area contributed by atoms with Gasteiger partial charge >= 0.3 is 6.18 Å². The van der Waals surface area contributed by atoms with E-state index in [-0.39, 0.29) is 11.8 Å². The van der Waals surface area contributed by atoms with Gasteiger partial charge in [0.25, 0.3) is 0 Å². The molecule has 0 saturated heterocycles. The Kier molecular flexibility index (Phi) is 7.04. The highest BCUT2D eigenvalue weighted by Gasteiger charge is 2.34. The molecular weight excluding hydrogens is 532 g/mol. The molecule has 5 aromatic rings. The number of hydrogen-bond acceptors (Lipinski definition) is 5. The summed E-state index contributed by atoms with van der Waals surface area (Å²) in [7, 11) is 0. The van der Waals surface area contributed by atoms with Crippen LogP contribution in [-0.4, -0.2) is 19.7 Å². The number of aryl methyl sites for hydroxylation is 2. The first kappa shape index (κ1) is 26.4. The van der Waals surface area contributed by atoms with Crippen LogP contribution in [0.4, 0.5) is 17.6 Å². The number of thioether (sulfide) groups is 1. The molecule has 0 aliphatic carbocycles. The summed E-state index contributed by atoms with van der Waals surface area (Å²) in [4.78, 5) is 5.92. The number of rotatable bonds is 6. The minimum absolute atomic E-state index is 0.106. The van der Waals surface area contributed by atoms with Crippen molar-refractivity contribution in [2.75, 3.05) is 0 Å². The van der Waals surface area contributed by atoms with Crippen LogP contribution in [0.3, 0.4) is 0 Å². The van der Waals surface area contributed by atoms with E-state index in [0.29, 0.717) is 11.0 Å². The van der Waals surface area contributed by atoms with Crippen LogP contribution < -0.4 is 0 Å². The van der Waals surface area contributed by atoms with Crippen molar-refractivity contribution in [1.82, 2.24) is 19.7 Å². The fraction of sp³-hybridized carbons (Fsp3) is 0.250. The summed E-state index contributed by atoms with van der Waals surface area (Å²) in [6.07, 6.45) is -4.65. The molecule has 0 amide bonds. The number of thiophene rings is 1. The van der Waals surface area contributed by atoms with Crippen molar-refractivity contribution in [3.05, 3.63) is 82.0 Å². The lowest BCUT2D eigenvalue weighted by atomic mass is 10.0. The van der Waals surface area contributed by atoms with E-state index in [4.69, 9.17) is 4.98 Å². The summed E-state index contributed by atoms with van der Waals surface area (Å²) in [6, 6.07) is 13.0. The normalized spacial score (nSPS) is 12.1. The topological polar surface area (TPSA) is 43.6 Å². The largest absolute Gasteiger partial charge is 0.416 e. The first-order chi connectivity index (χ1) is 18.0. The van der Waals surface area contributed by atoms with Crippen LogP contribution >= 0.6 is 23.1 Å². The van der Waals surface area contributed by atoms with Crippen LogP contribution in [0.15, 0.2) is 59.1 Å². The lowest BCUT2D eigenvalue weighted by Crippen LogP contribution is -2.11. The van der Waals surface area contributed by atoms with E-state index in [2.05, 4.69) is 16.3 Å². The van der Waals surface area contributed by atoms with Gasteiger partial charge in [0.15, 0.2) is 11.0 Å². The van der Waals surface area contributed by atoms with Gasteiger partial charge < -0.3 is 0 Å². The Bertz CT molecular complexity index is 1620. The molecule has 0 saturated carbocycles. The highest BCUT2D eigenvalue weighted by Crippen LogP contribution is 2.39. The average molecular weight is 557 g/mol. The Balaban J connectivity index is 1.63. The highest BCUT2D eigenvalue weighted by molar-refractivity contribution is 7.98. The second-order valence-corrected chi connectivity index (χ2v) is 11.2. The van der Waals surface area contributed by atoms with Crippen molar-refractivity contribution in [2.45, 2.75) is 50.8 Å². The van der Waals surface area contributed by atoms with E-state index in [9.17, 15) is 17.6 Å². The molecule has 0 aliphatic heterocycles. The fourth-order valence-electron chi connectivity index (χ4n) is 4.35. The fourth-order valence-corrected chi connectivity index (χ4v) is 6.14. The number of pyridine rings is 1. The molecule has 0 unspecified atom stereocenters. The van der Waals surface area contributed by atoms with Gasteiger partial charge in [0.05, 0.1) is 21.7 Å². The molecule has 10 heteroatoms. The van der Waals surface area contributed by atoms with Crippen LogP contribution in [0.1, 0.15) is 42.1 Å². The zero-order valence-corrected chi connectivity index (χ0v) is 22.7. The van der Waals surface area contributed by atoms with Crippen LogP contribution in [0, 0.1) is 19.7 Å². The molecule has 0 bridgehead atoms. The van der Waals surface area contributed by atoms with Crippen molar-refractivity contribution >= 4 is 34.0 Å². The quantitative estimate of drug-likeness (QED) is 0.155. The number of alkyl halides is 3. The van der Waals surface area contributed by atoms with E-state index >= 15 is 0 Å². The summed E-state index contributed by atoms with van der Waals surface area (Å²) >= 11 is 2.62. The Morgan fingerprint density at radius 3 is 2.45 bits per heavy atom. The molecule has 0 N–H and O–H groups in total. The predicted octanol–water partition coefficient (Wildman–Crippen LogP) is 8.87. The molecule has 196 valence electrons. The minimum Gasteiger partial charge on any atom is -0.299 e. The zero-order chi connectivity index (χ0) is 27.2. The molecule has 0 spiro atoms. The maximum absolute atomic E-state index is 14.5. The Hall–Kier alpha value is -3.24. The lowest BCUT2D eigenvalue weighted by molar-refractivity contribution is -0.138. The van der Waals surface area contributed by atoms with Gasteiger partial charge in [-0.1, -0.05) is 23.9 Å². The van der Waals surface area contributed by atoms with Gasteiger partial charge in [-0.3, -0.25) is 4.57 Å². The summed E-state index contributed by atoms with van der Waals surface area (Å²) in [5.74, 6) is -0.544. The average Bonchev–Trinajstić information content (AvgIpc) is 3.53. The van der Waals surface area contributed by atoms with Gasteiger partial charge in [-0.05, 0) is 80.6 Å². The van der Waals surface area contributed by atoms with Gasteiger partial charge in [0.1, 0.15) is 5.82 Å². The maximum atomic E-state index is 14.5. The van der Waals surface area contributed by atoms with Crippen molar-refractivity contribution in [3.8, 4) is 22.0 Å². The van der Waals surface area contributed by atoms with Crippen molar-refractivity contribution in [1.29, 1.82) is 0 Å². The summed E-state index contributed by atoms with van der Waals surface area (Å²) in [5.41, 5.74) is 3.30. The number of halogens is 4. The molecule has 38 heavy (non-hydrogen) atoms. The molecule has 4 nitrogen and oxygen atoms in total. The maximum Gasteiger partial charge on any atom is 0.416 e. The third-order valence-corrected chi connectivity index (χ3v) is 8.25. The standard InChI is InChI=1S/C28H24F4N4S2/c1-15(2)36-26(34-35-27(36)38-14-20-21(28(30,31)32)7-5-8-22(20)29)19-13-24(25-9-6-10-37-25)33-23-12-17(4)16(3)11-18(19)23/h5-13,15H,14H2,1-4H3. The molecule has 3 heterocycles.